The van der Waals surface area contributed by atoms with Crippen LogP contribution in [0.3, 0.4) is 0 Å². The van der Waals surface area contributed by atoms with Crippen molar-refractivity contribution >= 4 is 62.4 Å². The molecule has 0 saturated heterocycles. The summed E-state index contributed by atoms with van der Waals surface area (Å²) in [7, 11) is 0. The van der Waals surface area contributed by atoms with Crippen molar-refractivity contribution in [2.24, 2.45) is 4.99 Å². The quantitative estimate of drug-likeness (QED) is 0.348. The Labute approximate surface area is 221 Å². The summed E-state index contributed by atoms with van der Waals surface area (Å²) in [4.78, 5) is 63.5. The minimum Gasteiger partial charge on any atom is -0.451 e. The van der Waals surface area contributed by atoms with E-state index in [1.165, 1.54) is 25.7 Å². The molecule has 1 aliphatic heterocycles. The molecule has 198 valence electrons. The number of hydrogen-bond acceptors (Lipinski definition) is 11. The maximum atomic E-state index is 13.0. The Morgan fingerprint density at radius 3 is 2.35 bits per heavy atom. The monoisotopic (exact) mass is 577 g/mol. The first-order valence-electron chi connectivity index (χ1n) is 11.7. The average molecular weight is 578 g/mol. The fourth-order valence-electron chi connectivity index (χ4n) is 3.35. The number of rotatable bonds is 9. The van der Waals surface area contributed by atoms with E-state index >= 15 is 0 Å². The van der Waals surface area contributed by atoms with Crippen molar-refractivity contribution in [3.63, 3.8) is 0 Å². The first-order chi connectivity index (χ1) is 17.6. The van der Waals surface area contributed by atoms with Crippen molar-refractivity contribution in [3.8, 4) is 0 Å². The van der Waals surface area contributed by atoms with E-state index in [0.717, 1.165) is 0 Å². The van der Waals surface area contributed by atoms with Gasteiger partial charge >= 0.3 is 17.9 Å². The molecule has 12 nitrogen and oxygen atoms in total. The largest absolute Gasteiger partial charge is 0.451 e. The Morgan fingerprint density at radius 2 is 1.65 bits per heavy atom. The summed E-state index contributed by atoms with van der Waals surface area (Å²) in [5.41, 5.74) is 1.97. The maximum Gasteiger partial charge on any atom is 0.347 e. The molecule has 0 bridgehead atoms. The van der Waals surface area contributed by atoms with Gasteiger partial charge < -0.3 is 19.5 Å². The van der Waals surface area contributed by atoms with E-state index in [1.807, 2.05) is 0 Å². The number of carbonyl (C=O) groups excluding carboxylic acids is 4. The molecule has 13 heteroatoms. The molecule has 2 aromatic rings. The van der Waals surface area contributed by atoms with E-state index in [-0.39, 0.29) is 6.42 Å². The highest BCUT2D eigenvalue weighted by molar-refractivity contribution is 9.10. The molecule has 1 aromatic heterocycles. The predicted octanol–water partition coefficient (Wildman–Crippen LogP) is 2.60. The number of nitrogens with zero attached hydrogens (tertiary/aromatic N) is 4. The van der Waals surface area contributed by atoms with E-state index in [4.69, 9.17) is 14.2 Å². The van der Waals surface area contributed by atoms with Crippen molar-refractivity contribution in [1.82, 2.24) is 14.9 Å². The van der Waals surface area contributed by atoms with E-state index in [1.54, 1.807) is 31.5 Å². The number of guanidine groups is 1. The SMILES string of the molecule is CCCC(=O)O[C@@H](C)C(=O)O[C@@H](C)C(=O)O[C@@H](C)C(=O)N1CCN=C1Nc1ccc2nccnc2c1Br. The zero-order chi connectivity index (χ0) is 27.1. The van der Waals surface area contributed by atoms with Gasteiger partial charge in [-0.25, -0.2) is 9.59 Å². The van der Waals surface area contributed by atoms with Gasteiger partial charge in [-0.1, -0.05) is 6.92 Å². The number of amides is 1. The zero-order valence-corrected chi connectivity index (χ0v) is 22.5. The Kier molecular flexibility index (Phi) is 9.50. The summed E-state index contributed by atoms with van der Waals surface area (Å²) >= 11 is 3.51. The third kappa shape index (κ3) is 7.00. The molecule has 37 heavy (non-hydrogen) atoms. The lowest BCUT2D eigenvalue weighted by Crippen LogP contribution is -2.45. The number of ether oxygens (including phenoxy) is 3. The number of aromatic nitrogens is 2. The standard InChI is InChI=1S/C24H28BrN5O7/c1-5-6-18(31)35-14(3)22(33)37-15(4)23(34)36-13(2)21(32)30-12-11-28-24(30)29-16-7-8-17-20(19(16)25)27-10-9-26-17/h7-10,13-15H,5-6,11-12H2,1-4H3,(H,28,29)/t13-,14-,15-/m0/s1. The number of carbonyl (C=O) groups is 4. The van der Waals surface area contributed by atoms with Crippen LogP contribution in [0.5, 0.6) is 0 Å². The van der Waals surface area contributed by atoms with E-state index in [9.17, 15) is 19.2 Å². The molecule has 3 atom stereocenters. The first kappa shape index (κ1) is 28.0. The van der Waals surface area contributed by atoms with Crippen LogP contribution in [0.2, 0.25) is 0 Å². The van der Waals surface area contributed by atoms with E-state index in [2.05, 4.69) is 36.2 Å². The molecule has 0 spiro atoms. The van der Waals surface area contributed by atoms with Gasteiger partial charge in [0.05, 0.1) is 22.2 Å². The van der Waals surface area contributed by atoms with Crippen LogP contribution >= 0.6 is 15.9 Å². The zero-order valence-electron chi connectivity index (χ0n) is 20.9. The minimum absolute atomic E-state index is 0.164. The number of benzene rings is 1. The number of fused-ring (bicyclic) bond motifs is 1. The van der Waals surface area contributed by atoms with E-state index in [0.29, 0.717) is 46.7 Å². The Balaban J connectivity index is 1.57. The summed E-state index contributed by atoms with van der Waals surface area (Å²) in [6.45, 7) is 6.53. The van der Waals surface area contributed by atoms with Crippen LogP contribution in [0.15, 0.2) is 34.0 Å². The van der Waals surface area contributed by atoms with Gasteiger partial charge in [-0.05, 0) is 55.3 Å². The van der Waals surface area contributed by atoms with Gasteiger partial charge in [-0.15, -0.1) is 0 Å². The lowest BCUT2D eigenvalue weighted by Gasteiger charge is -2.24. The summed E-state index contributed by atoms with van der Waals surface area (Å²) in [6.07, 6.45) is 0.242. The van der Waals surface area contributed by atoms with Gasteiger partial charge in [0, 0.05) is 25.4 Å². The lowest BCUT2D eigenvalue weighted by molar-refractivity contribution is -0.179. The summed E-state index contributed by atoms with van der Waals surface area (Å²) in [5, 5.41) is 3.12. The molecule has 0 unspecified atom stereocenters. The summed E-state index contributed by atoms with van der Waals surface area (Å²) in [6, 6.07) is 3.57. The summed E-state index contributed by atoms with van der Waals surface area (Å²) < 4.78 is 15.9. The van der Waals surface area contributed by atoms with Gasteiger partial charge in [0.1, 0.15) is 5.52 Å². The summed E-state index contributed by atoms with van der Waals surface area (Å²) in [5.74, 6) is -2.56. The van der Waals surface area contributed by atoms with Crippen LogP contribution in [-0.2, 0) is 33.4 Å². The second kappa shape index (κ2) is 12.6. The number of aliphatic imine (C=N–C) groups is 1. The van der Waals surface area contributed by atoms with Crippen LogP contribution in [0.4, 0.5) is 5.69 Å². The number of hydrogen-bond donors (Lipinski definition) is 1. The molecule has 1 N–H and O–H groups in total. The normalized spacial score (nSPS) is 15.4. The number of nitrogens with one attached hydrogen (secondary N) is 1. The Hall–Kier alpha value is -3.61. The van der Waals surface area contributed by atoms with Crippen LogP contribution in [0, 0.1) is 0 Å². The molecular formula is C24H28BrN5O7. The second-order valence-electron chi connectivity index (χ2n) is 8.21. The van der Waals surface area contributed by atoms with Gasteiger partial charge in [-0.3, -0.25) is 29.4 Å². The van der Waals surface area contributed by atoms with E-state index < -0.39 is 42.1 Å². The maximum absolute atomic E-state index is 13.0. The van der Waals surface area contributed by atoms with Crippen molar-refractivity contribution < 1.29 is 33.4 Å². The number of esters is 3. The predicted molar refractivity (Wildman–Crippen MR) is 136 cm³/mol. The lowest BCUT2D eigenvalue weighted by atomic mass is 10.2. The van der Waals surface area contributed by atoms with Crippen LogP contribution in [0.1, 0.15) is 40.5 Å². The molecule has 0 aliphatic carbocycles. The second-order valence-corrected chi connectivity index (χ2v) is 9.00. The van der Waals surface area contributed by atoms with Gasteiger partial charge in [0.15, 0.2) is 18.3 Å². The van der Waals surface area contributed by atoms with Crippen molar-refractivity contribution in [1.29, 1.82) is 0 Å². The molecule has 1 aromatic carbocycles. The third-order valence-electron chi connectivity index (χ3n) is 5.29. The van der Waals surface area contributed by atoms with Crippen LogP contribution in [-0.4, -0.2) is 76.0 Å². The minimum atomic E-state index is -1.31. The van der Waals surface area contributed by atoms with Gasteiger partial charge in [-0.2, -0.15) is 0 Å². The third-order valence-corrected chi connectivity index (χ3v) is 6.09. The fourth-order valence-corrected chi connectivity index (χ4v) is 3.89. The number of halogens is 1. The Morgan fingerprint density at radius 1 is 1.00 bits per heavy atom. The molecule has 0 fully saturated rings. The molecule has 3 rings (SSSR count). The van der Waals surface area contributed by atoms with Crippen molar-refractivity contribution in [2.45, 2.75) is 58.8 Å². The van der Waals surface area contributed by atoms with Crippen LogP contribution in [0.25, 0.3) is 11.0 Å². The van der Waals surface area contributed by atoms with Crippen molar-refractivity contribution in [3.05, 3.63) is 29.0 Å². The average Bonchev–Trinajstić information content (AvgIpc) is 3.33. The molecular weight excluding hydrogens is 550 g/mol. The first-order valence-corrected chi connectivity index (χ1v) is 12.5. The molecule has 0 saturated carbocycles. The number of anilines is 1. The highest BCUT2D eigenvalue weighted by Crippen LogP contribution is 2.29. The molecule has 1 aliphatic rings. The molecule has 0 radical (unpaired) electrons. The van der Waals surface area contributed by atoms with Crippen LogP contribution < -0.4 is 5.32 Å². The highest BCUT2D eigenvalue weighted by atomic mass is 79.9. The topological polar surface area (TPSA) is 149 Å². The highest BCUT2D eigenvalue weighted by Gasteiger charge is 2.33. The molecule has 2 heterocycles. The van der Waals surface area contributed by atoms with Crippen molar-refractivity contribution in [2.75, 3.05) is 18.4 Å². The van der Waals surface area contributed by atoms with Gasteiger partial charge in [0.2, 0.25) is 5.96 Å². The van der Waals surface area contributed by atoms with Gasteiger partial charge in [0.25, 0.3) is 5.91 Å². The fraction of sp³-hybridized carbons (Fsp3) is 0.458. The molecule has 1 amide bonds. The Bertz CT molecular complexity index is 1220. The smallest absolute Gasteiger partial charge is 0.347 e.